The molecular weight excluding hydrogens is 539 g/mol. The molecule has 43 heavy (non-hydrogen) atoms. The molecule has 7 aromatic rings. The second-order valence-corrected chi connectivity index (χ2v) is 13.4. The number of thiophene rings is 1. The number of hydrogen-bond donors (Lipinski definition) is 0. The van der Waals surface area contributed by atoms with Gasteiger partial charge >= 0.3 is 0 Å². The maximum absolute atomic E-state index is 7.82. The third-order valence-electron chi connectivity index (χ3n) is 9.78. The predicted octanol–water partition coefficient (Wildman–Crippen LogP) is 11.7. The normalized spacial score (nSPS) is 14.3. The topological polar surface area (TPSA) is 4.36 Å². The Morgan fingerprint density at radius 2 is 1.28 bits per heavy atom. The van der Waals surface area contributed by atoms with E-state index < -0.39 is 0 Å². The van der Waals surface area contributed by atoms with E-state index in [1.165, 1.54) is 70.2 Å². The second-order valence-electron chi connectivity index (χ2n) is 12.3. The van der Waals surface area contributed by atoms with Gasteiger partial charge in [-0.15, -0.1) is 11.3 Å². The van der Waals surface area contributed by atoms with Crippen LogP contribution in [-0.2, 0) is 5.41 Å². The van der Waals surface area contributed by atoms with Crippen molar-refractivity contribution in [1.29, 1.82) is 0 Å². The van der Waals surface area contributed by atoms with Gasteiger partial charge < -0.3 is 0 Å². The molecule has 2 aliphatic carbocycles. The molecule has 202 valence electrons. The van der Waals surface area contributed by atoms with Crippen molar-refractivity contribution in [3.05, 3.63) is 161 Å². The summed E-state index contributed by atoms with van der Waals surface area (Å²) in [5.74, 6) is 0.125. The van der Waals surface area contributed by atoms with Gasteiger partial charge in [-0.05, 0) is 79.4 Å². The van der Waals surface area contributed by atoms with Crippen LogP contribution in [0.4, 0.5) is 5.69 Å². The maximum atomic E-state index is 7.82. The van der Waals surface area contributed by atoms with E-state index in [9.17, 15) is 0 Å². The molecule has 0 saturated carbocycles. The molecule has 0 spiro atoms. The number of nitrogens with zero attached hydrogens (tertiary/aromatic N) is 1. The number of benzene rings is 6. The van der Waals surface area contributed by atoms with E-state index in [4.69, 9.17) is 6.57 Å². The van der Waals surface area contributed by atoms with Crippen LogP contribution in [0.5, 0.6) is 0 Å². The van der Waals surface area contributed by atoms with Gasteiger partial charge in [0.05, 0.1) is 6.57 Å². The smallest absolute Gasteiger partial charge is 0.187 e. The Balaban J connectivity index is 1.27. The highest BCUT2D eigenvalue weighted by molar-refractivity contribution is 7.26. The van der Waals surface area contributed by atoms with Crippen LogP contribution < -0.4 is 0 Å². The van der Waals surface area contributed by atoms with Crippen LogP contribution in [0.1, 0.15) is 47.6 Å². The molecule has 0 N–H and O–H groups in total. The van der Waals surface area contributed by atoms with Crippen LogP contribution >= 0.6 is 11.3 Å². The summed E-state index contributed by atoms with van der Waals surface area (Å²) in [6.07, 6.45) is 0. The number of fused-ring (bicyclic) bond motifs is 10. The van der Waals surface area contributed by atoms with E-state index in [0.29, 0.717) is 5.69 Å². The summed E-state index contributed by atoms with van der Waals surface area (Å²) < 4.78 is 2.69. The molecule has 9 rings (SSSR count). The lowest BCUT2D eigenvalue weighted by Gasteiger charge is -2.22. The summed E-state index contributed by atoms with van der Waals surface area (Å²) in [5.41, 5.74) is 15.0. The first-order valence-corrected chi connectivity index (χ1v) is 15.7. The second kappa shape index (κ2) is 8.77. The summed E-state index contributed by atoms with van der Waals surface area (Å²) >= 11 is 1.91. The van der Waals surface area contributed by atoms with Crippen LogP contribution in [-0.4, -0.2) is 0 Å². The van der Waals surface area contributed by atoms with E-state index in [1.54, 1.807) is 0 Å². The Morgan fingerprint density at radius 1 is 0.605 bits per heavy atom. The van der Waals surface area contributed by atoms with Gasteiger partial charge in [0.25, 0.3) is 0 Å². The lowest BCUT2D eigenvalue weighted by molar-refractivity contribution is 0.667. The standard InChI is InChI=1S/C41H27NS/c1-41(2)36-15-9-8-12-28(36)32-19-20-33-35-22-24(16-21-37(35)43-40(33)39(32)41)34-23-25(42-3)17-18-31(34)38-29-13-6-4-10-26(29)27-11-5-7-14-30(27)38/h4-23,38H,1-2H3. The average molecular weight is 566 g/mol. The fraction of sp³-hybridized carbons (Fsp3) is 0.0976. The van der Waals surface area contributed by atoms with Crippen molar-refractivity contribution < 1.29 is 0 Å². The minimum Gasteiger partial charge on any atom is -0.238 e. The number of rotatable bonds is 2. The van der Waals surface area contributed by atoms with Crippen molar-refractivity contribution in [2.45, 2.75) is 25.2 Å². The van der Waals surface area contributed by atoms with Crippen molar-refractivity contribution in [2.24, 2.45) is 0 Å². The first kappa shape index (κ1) is 24.6. The molecule has 2 heteroatoms. The highest BCUT2D eigenvalue weighted by Gasteiger charge is 2.37. The molecule has 0 saturated heterocycles. The molecule has 0 aliphatic heterocycles. The van der Waals surface area contributed by atoms with E-state index in [2.05, 4.69) is 134 Å². The van der Waals surface area contributed by atoms with E-state index in [0.717, 1.165) is 11.1 Å². The van der Waals surface area contributed by atoms with Gasteiger partial charge in [-0.25, -0.2) is 4.85 Å². The molecule has 0 unspecified atom stereocenters. The molecular formula is C41H27NS. The van der Waals surface area contributed by atoms with Gasteiger partial charge in [0.15, 0.2) is 5.69 Å². The molecule has 0 atom stereocenters. The zero-order valence-electron chi connectivity index (χ0n) is 24.0. The minimum absolute atomic E-state index is 0.0461. The van der Waals surface area contributed by atoms with Crippen molar-refractivity contribution in [2.75, 3.05) is 0 Å². The van der Waals surface area contributed by atoms with Gasteiger partial charge in [-0.2, -0.15) is 0 Å². The zero-order valence-corrected chi connectivity index (χ0v) is 24.8. The molecule has 1 aromatic heterocycles. The first-order valence-electron chi connectivity index (χ1n) is 14.8. The van der Waals surface area contributed by atoms with Crippen molar-refractivity contribution in [1.82, 2.24) is 0 Å². The zero-order chi connectivity index (χ0) is 28.9. The van der Waals surface area contributed by atoms with Crippen LogP contribution in [0.15, 0.2) is 121 Å². The molecule has 1 heterocycles. The lowest BCUT2D eigenvalue weighted by atomic mass is 9.82. The van der Waals surface area contributed by atoms with E-state index >= 15 is 0 Å². The Morgan fingerprint density at radius 3 is 2.02 bits per heavy atom. The van der Waals surface area contributed by atoms with Crippen LogP contribution in [0, 0.1) is 6.57 Å². The number of hydrogen-bond acceptors (Lipinski definition) is 1. The third kappa shape index (κ3) is 3.32. The van der Waals surface area contributed by atoms with E-state index in [1.807, 2.05) is 17.4 Å². The molecule has 6 aromatic carbocycles. The average Bonchev–Trinajstić information content (AvgIpc) is 3.66. The summed E-state index contributed by atoms with van der Waals surface area (Å²) in [6.45, 7) is 12.6. The fourth-order valence-electron chi connectivity index (χ4n) is 7.86. The summed E-state index contributed by atoms with van der Waals surface area (Å²) in [5, 5.41) is 2.61. The molecule has 0 bridgehead atoms. The quantitative estimate of drug-likeness (QED) is 0.184. The summed E-state index contributed by atoms with van der Waals surface area (Å²) in [7, 11) is 0. The highest BCUT2D eigenvalue weighted by Crippen LogP contribution is 2.54. The SMILES string of the molecule is [C-]#[N+]c1ccc(C2c3ccccc3-c3ccccc32)c(-c2ccc3sc4c5c(ccc4c3c2)-c2ccccc2C5(C)C)c1. The minimum atomic E-state index is -0.0461. The van der Waals surface area contributed by atoms with Crippen LogP contribution in [0.3, 0.4) is 0 Å². The largest absolute Gasteiger partial charge is 0.238 e. The van der Waals surface area contributed by atoms with Gasteiger partial charge in [0.2, 0.25) is 0 Å². The van der Waals surface area contributed by atoms with Crippen LogP contribution in [0.2, 0.25) is 0 Å². The molecule has 0 radical (unpaired) electrons. The monoisotopic (exact) mass is 565 g/mol. The Kier molecular flexibility index (Phi) is 5.02. The van der Waals surface area contributed by atoms with Gasteiger partial charge in [0, 0.05) is 31.5 Å². The van der Waals surface area contributed by atoms with Crippen molar-refractivity contribution >= 4 is 37.2 Å². The molecule has 0 amide bonds. The fourth-order valence-corrected chi connectivity index (χ4v) is 9.25. The first-order chi connectivity index (χ1) is 21.0. The Labute approximate surface area is 255 Å². The molecule has 0 fully saturated rings. The Bertz CT molecular complexity index is 2300. The van der Waals surface area contributed by atoms with Gasteiger partial charge in [-0.3, -0.25) is 0 Å². The summed E-state index contributed by atoms with van der Waals surface area (Å²) in [6, 6.07) is 44.3. The Hall–Kier alpha value is -4.97. The predicted molar refractivity (Wildman–Crippen MR) is 181 cm³/mol. The van der Waals surface area contributed by atoms with Crippen LogP contribution in [0.25, 0.3) is 58.4 Å². The van der Waals surface area contributed by atoms with E-state index in [-0.39, 0.29) is 11.3 Å². The lowest BCUT2D eigenvalue weighted by Crippen LogP contribution is -2.14. The maximum Gasteiger partial charge on any atom is 0.187 e. The highest BCUT2D eigenvalue weighted by atomic mass is 32.1. The van der Waals surface area contributed by atoms with Gasteiger partial charge in [0.1, 0.15) is 0 Å². The van der Waals surface area contributed by atoms with Gasteiger partial charge in [-0.1, -0.05) is 117 Å². The molecule has 1 nitrogen and oxygen atoms in total. The van der Waals surface area contributed by atoms with Crippen molar-refractivity contribution in [3.8, 4) is 33.4 Å². The summed E-state index contributed by atoms with van der Waals surface area (Å²) in [4.78, 5) is 3.84. The third-order valence-corrected chi connectivity index (χ3v) is 11.0. The van der Waals surface area contributed by atoms with Crippen molar-refractivity contribution in [3.63, 3.8) is 0 Å². The molecule has 2 aliphatic rings.